The lowest BCUT2D eigenvalue weighted by atomic mass is 10.2. The molecule has 0 aromatic heterocycles. The monoisotopic (exact) mass is 212 g/mol. The van der Waals surface area contributed by atoms with Crippen molar-refractivity contribution >= 4 is 5.91 Å². The molecule has 1 rings (SSSR count). The summed E-state index contributed by atoms with van der Waals surface area (Å²) in [6.07, 6.45) is 0. The summed E-state index contributed by atoms with van der Waals surface area (Å²) in [6.45, 7) is 1.49. The topological polar surface area (TPSA) is 78.3 Å². The van der Waals surface area contributed by atoms with E-state index in [4.69, 9.17) is 16.2 Å². The number of aryl methyl sites for hydroxylation is 1. The first-order valence-electron chi connectivity index (χ1n) is 4.45. The standard InChI is InChI=1S/C10H13FN2O2/c1-6-3-2-4-8(9(6)11)15-5-7(12)10(13)14/h2-4,7H,5,12H2,1H3,(H2,13,14). The molecule has 0 fully saturated rings. The van der Waals surface area contributed by atoms with Crippen molar-refractivity contribution in [1.29, 1.82) is 0 Å². The van der Waals surface area contributed by atoms with Gasteiger partial charge in [-0.25, -0.2) is 4.39 Å². The molecular weight excluding hydrogens is 199 g/mol. The van der Waals surface area contributed by atoms with Crippen LogP contribution in [0.5, 0.6) is 5.75 Å². The molecule has 0 radical (unpaired) electrons. The van der Waals surface area contributed by atoms with E-state index >= 15 is 0 Å². The number of amides is 1. The lowest BCUT2D eigenvalue weighted by Gasteiger charge is -2.11. The van der Waals surface area contributed by atoms with Crippen molar-refractivity contribution in [2.24, 2.45) is 11.5 Å². The van der Waals surface area contributed by atoms with Crippen LogP contribution in [0.1, 0.15) is 5.56 Å². The fourth-order valence-corrected chi connectivity index (χ4v) is 0.994. The average molecular weight is 212 g/mol. The molecule has 0 spiro atoms. The number of hydrogen-bond donors (Lipinski definition) is 2. The van der Waals surface area contributed by atoms with Gasteiger partial charge >= 0.3 is 0 Å². The summed E-state index contributed by atoms with van der Waals surface area (Å²) < 4.78 is 18.4. The number of carbonyl (C=O) groups is 1. The fourth-order valence-electron chi connectivity index (χ4n) is 0.994. The first-order valence-corrected chi connectivity index (χ1v) is 4.45. The van der Waals surface area contributed by atoms with Crippen molar-refractivity contribution in [3.63, 3.8) is 0 Å². The van der Waals surface area contributed by atoms with Gasteiger partial charge in [0.05, 0.1) is 0 Å². The summed E-state index contributed by atoms with van der Waals surface area (Å²) in [5, 5.41) is 0. The van der Waals surface area contributed by atoms with Gasteiger partial charge in [-0.3, -0.25) is 4.79 Å². The highest BCUT2D eigenvalue weighted by Crippen LogP contribution is 2.19. The van der Waals surface area contributed by atoms with Crippen LogP contribution in [0.3, 0.4) is 0 Å². The van der Waals surface area contributed by atoms with Gasteiger partial charge in [-0.05, 0) is 18.6 Å². The molecule has 4 N–H and O–H groups in total. The summed E-state index contributed by atoms with van der Waals surface area (Å²) >= 11 is 0. The van der Waals surface area contributed by atoms with Crippen molar-refractivity contribution in [2.45, 2.75) is 13.0 Å². The molecule has 1 aromatic rings. The number of carbonyl (C=O) groups excluding carboxylic acids is 1. The zero-order chi connectivity index (χ0) is 11.4. The van der Waals surface area contributed by atoms with Gasteiger partial charge in [0.1, 0.15) is 12.6 Å². The van der Waals surface area contributed by atoms with Crippen molar-refractivity contribution in [3.05, 3.63) is 29.6 Å². The van der Waals surface area contributed by atoms with Crippen molar-refractivity contribution in [3.8, 4) is 5.75 Å². The summed E-state index contributed by atoms with van der Waals surface area (Å²) in [6, 6.07) is 3.82. The molecule has 0 saturated carbocycles. The minimum atomic E-state index is -0.926. The van der Waals surface area contributed by atoms with E-state index in [9.17, 15) is 9.18 Å². The molecule has 1 unspecified atom stereocenters. The Morgan fingerprint density at radius 3 is 2.87 bits per heavy atom. The third-order valence-corrected chi connectivity index (χ3v) is 1.94. The lowest BCUT2D eigenvalue weighted by Crippen LogP contribution is -2.41. The number of halogens is 1. The maximum atomic E-state index is 13.4. The minimum absolute atomic E-state index is 0.0756. The molecule has 82 valence electrons. The summed E-state index contributed by atoms with van der Waals surface area (Å²) in [4.78, 5) is 10.6. The van der Waals surface area contributed by atoms with Crippen LogP contribution in [0, 0.1) is 12.7 Å². The first-order chi connectivity index (χ1) is 7.02. The Morgan fingerprint density at radius 1 is 1.60 bits per heavy atom. The van der Waals surface area contributed by atoms with Gasteiger partial charge in [0, 0.05) is 0 Å². The van der Waals surface area contributed by atoms with Crippen LogP contribution >= 0.6 is 0 Å². The Hall–Kier alpha value is -1.62. The van der Waals surface area contributed by atoms with Crippen LogP contribution in [0.25, 0.3) is 0 Å². The van der Waals surface area contributed by atoms with Gasteiger partial charge in [0.25, 0.3) is 0 Å². The number of nitrogens with two attached hydrogens (primary N) is 2. The number of hydrogen-bond acceptors (Lipinski definition) is 3. The second-order valence-electron chi connectivity index (χ2n) is 3.21. The predicted octanol–water partition coefficient (Wildman–Crippen LogP) is 0.326. The molecule has 5 heteroatoms. The Balaban J connectivity index is 2.66. The molecule has 1 amide bonds. The quantitative estimate of drug-likeness (QED) is 0.754. The van der Waals surface area contributed by atoms with Gasteiger partial charge in [-0.2, -0.15) is 0 Å². The van der Waals surface area contributed by atoms with Gasteiger partial charge in [-0.15, -0.1) is 0 Å². The molecule has 0 saturated heterocycles. The SMILES string of the molecule is Cc1cccc(OCC(N)C(N)=O)c1F. The highest BCUT2D eigenvalue weighted by molar-refractivity contribution is 5.79. The highest BCUT2D eigenvalue weighted by atomic mass is 19.1. The third-order valence-electron chi connectivity index (χ3n) is 1.94. The number of benzene rings is 1. The van der Waals surface area contributed by atoms with Gasteiger partial charge < -0.3 is 16.2 Å². The number of primary amides is 1. The Kier molecular flexibility index (Phi) is 3.62. The second kappa shape index (κ2) is 4.75. The minimum Gasteiger partial charge on any atom is -0.488 e. The maximum absolute atomic E-state index is 13.4. The van der Waals surface area contributed by atoms with E-state index in [0.29, 0.717) is 5.56 Å². The molecule has 1 aromatic carbocycles. The summed E-state index contributed by atoms with van der Waals surface area (Å²) in [5.74, 6) is -1.05. The fraction of sp³-hybridized carbons (Fsp3) is 0.300. The van der Waals surface area contributed by atoms with Crippen molar-refractivity contribution in [2.75, 3.05) is 6.61 Å². The second-order valence-corrected chi connectivity index (χ2v) is 3.21. The Labute approximate surface area is 87.0 Å². The lowest BCUT2D eigenvalue weighted by molar-refractivity contribution is -0.119. The molecule has 1 atom stereocenters. The smallest absolute Gasteiger partial charge is 0.237 e. The average Bonchev–Trinajstić information content (AvgIpc) is 2.19. The van der Waals surface area contributed by atoms with Crippen LogP contribution in [0.2, 0.25) is 0 Å². The van der Waals surface area contributed by atoms with E-state index in [-0.39, 0.29) is 12.4 Å². The van der Waals surface area contributed by atoms with Gasteiger partial charge in [0.15, 0.2) is 11.6 Å². The summed E-state index contributed by atoms with van der Waals surface area (Å²) in [5.41, 5.74) is 10.7. The number of rotatable bonds is 4. The predicted molar refractivity (Wildman–Crippen MR) is 53.8 cm³/mol. The van der Waals surface area contributed by atoms with Crippen molar-refractivity contribution in [1.82, 2.24) is 0 Å². The molecule has 4 nitrogen and oxygen atoms in total. The molecule has 0 aliphatic heterocycles. The van der Waals surface area contributed by atoms with E-state index in [1.54, 1.807) is 19.1 Å². The molecule has 0 aliphatic carbocycles. The van der Waals surface area contributed by atoms with E-state index in [2.05, 4.69) is 0 Å². The zero-order valence-corrected chi connectivity index (χ0v) is 8.37. The zero-order valence-electron chi connectivity index (χ0n) is 8.37. The van der Waals surface area contributed by atoms with Crippen LogP contribution in [-0.2, 0) is 4.79 Å². The van der Waals surface area contributed by atoms with Crippen molar-refractivity contribution < 1.29 is 13.9 Å². The molecule has 0 bridgehead atoms. The highest BCUT2D eigenvalue weighted by Gasteiger charge is 2.12. The van der Waals surface area contributed by atoms with E-state index in [1.807, 2.05) is 0 Å². The van der Waals surface area contributed by atoms with E-state index in [1.165, 1.54) is 6.07 Å². The van der Waals surface area contributed by atoms with E-state index < -0.39 is 17.8 Å². The van der Waals surface area contributed by atoms with Gasteiger partial charge in [-0.1, -0.05) is 12.1 Å². The maximum Gasteiger partial charge on any atom is 0.237 e. The molecule has 15 heavy (non-hydrogen) atoms. The first kappa shape index (κ1) is 11.5. The van der Waals surface area contributed by atoms with Crippen LogP contribution in [0.4, 0.5) is 4.39 Å². The van der Waals surface area contributed by atoms with E-state index in [0.717, 1.165) is 0 Å². The van der Waals surface area contributed by atoms with Crippen LogP contribution in [-0.4, -0.2) is 18.6 Å². The normalized spacial score (nSPS) is 12.2. The Morgan fingerprint density at radius 2 is 2.27 bits per heavy atom. The summed E-state index contributed by atoms with van der Waals surface area (Å²) in [7, 11) is 0. The Bertz CT molecular complexity index is 368. The molecular formula is C10H13FN2O2. The third kappa shape index (κ3) is 2.92. The largest absolute Gasteiger partial charge is 0.488 e. The van der Waals surface area contributed by atoms with Crippen LogP contribution in [0.15, 0.2) is 18.2 Å². The van der Waals surface area contributed by atoms with Crippen LogP contribution < -0.4 is 16.2 Å². The number of ether oxygens (including phenoxy) is 1. The van der Waals surface area contributed by atoms with Gasteiger partial charge in [0.2, 0.25) is 5.91 Å². The molecule has 0 aliphatic rings. The molecule has 0 heterocycles.